The van der Waals surface area contributed by atoms with E-state index in [-0.39, 0.29) is 0 Å². The molecule has 0 unspecified atom stereocenters. The molecule has 0 aromatic carbocycles. The summed E-state index contributed by atoms with van der Waals surface area (Å²) in [7, 11) is 3.57. The third kappa shape index (κ3) is 38.6. The molecule has 0 aliphatic rings. The fourth-order valence-corrected chi connectivity index (χ4v) is 7.06. The van der Waals surface area contributed by atoms with Gasteiger partial charge >= 0.3 is 0 Å². The molecule has 0 fully saturated rings. The molecule has 0 saturated carbocycles. The predicted octanol–water partition coefficient (Wildman–Crippen LogP) is 13.9. The molecule has 0 aliphatic heterocycles. The molecule has 2 N–H and O–H groups in total. The first-order valence-corrected chi connectivity index (χ1v) is 20.8. The van der Waals surface area contributed by atoms with E-state index in [1.807, 2.05) is 0 Å². The Balaban J connectivity index is 3.01. The highest BCUT2D eigenvalue weighted by atomic mass is 33.1. The lowest BCUT2D eigenvalue weighted by Crippen LogP contribution is -2.08. The van der Waals surface area contributed by atoms with Crippen LogP contribution in [0.15, 0.2) is 0 Å². The summed E-state index contributed by atoms with van der Waals surface area (Å²) >= 11 is 0. The average molecular weight is 601 g/mol. The maximum Gasteiger partial charge on any atom is 0.00668 e. The van der Waals surface area contributed by atoms with E-state index >= 15 is 0 Å². The van der Waals surface area contributed by atoms with E-state index in [9.17, 15) is 0 Å². The average Bonchev–Trinajstić information content (AvgIpc) is 2.97. The fourth-order valence-electron chi connectivity index (χ4n) is 5.63. The molecule has 0 radical (unpaired) electrons. The Hall–Kier alpha value is 0.620. The van der Waals surface area contributed by atoms with Crippen LogP contribution in [0.1, 0.15) is 219 Å². The summed E-state index contributed by atoms with van der Waals surface area (Å²) in [6.45, 7) is 6.91. The first-order valence-electron chi connectivity index (χ1n) is 18.7. The van der Waals surface area contributed by atoms with Crippen LogP contribution in [-0.2, 0) is 0 Å². The number of rotatable bonds is 37. The van der Waals surface area contributed by atoms with Gasteiger partial charge in [0, 0.05) is 35.0 Å². The van der Waals surface area contributed by atoms with Crippen LogP contribution >= 0.6 is 22.0 Å². The molecular weight excluding hydrogens is 525 g/mol. The minimum atomic E-state index is 1.15. The number of hydrogen-bond acceptors (Lipinski definition) is 4. The summed E-state index contributed by atoms with van der Waals surface area (Å²) < 4.78 is 7.02. The molecule has 0 aliphatic carbocycles. The minimum absolute atomic E-state index is 1.15. The molecule has 2 nitrogen and oxygen atoms in total. The number of hydrogen-bond donors (Lipinski definition) is 2. The van der Waals surface area contributed by atoms with Crippen LogP contribution in [-0.4, -0.2) is 13.1 Å². The van der Waals surface area contributed by atoms with E-state index in [4.69, 9.17) is 0 Å². The lowest BCUT2D eigenvalue weighted by Gasteiger charge is -2.06. The molecule has 242 valence electrons. The van der Waals surface area contributed by atoms with Crippen molar-refractivity contribution in [2.24, 2.45) is 0 Å². The Morgan fingerprint density at radius 1 is 0.250 bits per heavy atom. The Labute approximate surface area is 263 Å². The summed E-state index contributed by atoms with van der Waals surface area (Å²) in [5.74, 6) is 0. The minimum Gasteiger partial charge on any atom is -0.254 e. The normalized spacial score (nSPS) is 11.6. The zero-order valence-corrected chi connectivity index (χ0v) is 29.5. The van der Waals surface area contributed by atoms with E-state index in [0.29, 0.717) is 0 Å². The van der Waals surface area contributed by atoms with Crippen molar-refractivity contribution in [3.8, 4) is 0 Å². The van der Waals surface area contributed by atoms with Crippen LogP contribution in [0.4, 0.5) is 0 Å². The SMILES string of the molecule is CCCCCCCCCCCCCCCCCCNSSNCCCCCCCCCCCCCCCCCC. The summed E-state index contributed by atoms with van der Waals surface area (Å²) in [4.78, 5) is 0. The van der Waals surface area contributed by atoms with Gasteiger partial charge in [0.2, 0.25) is 0 Å². The third-order valence-electron chi connectivity index (χ3n) is 8.42. The van der Waals surface area contributed by atoms with Crippen molar-refractivity contribution >= 4 is 22.0 Å². The zero-order chi connectivity index (χ0) is 28.9. The van der Waals surface area contributed by atoms with Crippen molar-refractivity contribution in [2.75, 3.05) is 13.1 Å². The molecule has 0 atom stereocenters. The van der Waals surface area contributed by atoms with Gasteiger partial charge in [-0.05, 0) is 12.8 Å². The first-order chi connectivity index (χ1) is 19.9. The molecule has 40 heavy (non-hydrogen) atoms. The highest BCUT2D eigenvalue weighted by molar-refractivity contribution is 8.75. The van der Waals surface area contributed by atoms with Crippen LogP contribution in [0, 0.1) is 0 Å². The Morgan fingerprint density at radius 3 is 0.625 bits per heavy atom. The maximum atomic E-state index is 3.51. The maximum absolute atomic E-state index is 3.51. The number of unbranched alkanes of at least 4 members (excludes halogenated alkanes) is 30. The van der Waals surface area contributed by atoms with Crippen molar-refractivity contribution in [1.29, 1.82) is 0 Å². The predicted molar refractivity (Wildman–Crippen MR) is 190 cm³/mol. The lowest BCUT2D eigenvalue weighted by molar-refractivity contribution is 0.529. The monoisotopic (exact) mass is 601 g/mol. The van der Waals surface area contributed by atoms with Gasteiger partial charge in [-0.15, -0.1) is 0 Å². The second-order valence-corrected chi connectivity index (χ2v) is 14.5. The summed E-state index contributed by atoms with van der Waals surface area (Å²) in [5, 5.41) is 0. The summed E-state index contributed by atoms with van der Waals surface area (Å²) in [6.07, 6.45) is 46.2. The highest BCUT2D eigenvalue weighted by Crippen LogP contribution is 2.16. The van der Waals surface area contributed by atoms with Crippen LogP contribution in [0.25, 0.3) is 0 Å². The molecular formula is C36H76N2S2. The smallest absolute Gasteiger partial charge is 0.00668 e. The van der Waals surface area contributed by atoms with E-state index in [1.54, 1.807) is 22.0 Å². The van der Waals surface area contributed by atoms with E-state index in [0.717, 1.165) is 13.1 Å². The lowest BCUT2D eigenvalue weighted by atomic mass is 10.0. The zero-order valence-electron chi connectivity index (χ0n) is 27.9. The largest absolute Gasteiger partial charge is 0.254 e. The third-order valence-corrected chi connectivity index (χ3v) is 10.1. The van der Waals surface area contributed by atoms with Gasteiger partial charge in [0.25, 0.3) is 0 Å². The molecule has 0 spiro atoms. The van der Waals surface area contributed by atoms with Crippen LogP contribution in [0.3, 0.4) is 0 Å². The molecule has 0 bridgehead atoms. The van der Waals surface area contributed by atoms with Crippen LogP contribution < -0.4 is 9.44 Å². The summed E-state index contributed by atoms with van der Waals surface area (Å²) in [6, 6.07) is 0. The van der Waals surface area contributed by atoms with E-state index < -0.39 is 0 Å². The van der Waals surface area contributed by atoms with Crippen molar-refractivity contribution in [2.45, 2.75) is 219 Å². The van der Waals surface area contributed by atoms with Crippen molar-refractivity contribution < 1.29 is 0 Å². The molecule has 0 rings (SSSR count). The van der Waals surface area contributed by atoms with Gasteiger partial charge in [-0.3, -0.25) is 9.44 Å². The van der Waals surface area contributed by atoms with Gasteiger partial charge in [0.15, 0.2) is 0 Å². The highest BCUT2D eigenvalue weighted by Gasteiger charge is 1.97. The fraction of sp³-hybridized carbons (Fsp3) is 1.00. The van der Waals surface area contributed by atoms with Gasteiger partial charge in [0.05, 0.1) is 0 Å². The Morgan fingerprint density at radius 2 is 0.425 bits per heavy atom. The van der Waals surface area contributed by atoms with Crippen molar-refractivity contribution in [3.05, 3.63) is 0 Å². The quantitative estimate of drug-likeness (QED) is 0.0421. The van der Waals surface area contributed by atoms with Crippen molar-refractivity contribution in [3.63, 3.8) is 0 Å². The van der Waals surface area contributed by atoms with Crippen LogP contribution in [0.5, 0.6) is 0 Å². The summed E-state index contributed by atoms with van der Waals surface area (Å²) in [5.41, 5.74) is 0. The van der Waals surface area contributed by atoms with Gasteiger partial charge in [-0.1, -0.05) is 206 Å². The van der Waals surface area contributed by atoms with Crippen molar-refractivity contribution in [1.82, 2.24) is 9.44 Å². The Kier molecular flexibility index (Phi) is 40.2. The van der Waals surface area contributed by atoms with E-state index in [1.165, 1.54) is 205 Å². The van der Waals surface area contributed by atoms with Gasteiger partial charge in [-0.25, -0.2) is 0 Å². The molecule has 0 aromatic rings. The van der Waals surface area contributed by atoms with Gasteiger partial charge < -0.3 is 0 Å². The topological polar surface area (TPSA) is 24.1 Å². The van der Waals surface area contributed by atoms with E-state index in [2.05, 4.69) is 23.3 Å². The van der Waals surface area contributed by atoms with Crippen LogP contribution in [0.2, 0.25) is 0 Å². The second kappa shape index (κ2) is 39.6. The van der Waals surface area contributed by atoms with Gasteiger partial charge in [0.1, 0.15) is 0 Å². The van der Waals surface area contributed by atoms with Gasteiger partial charge in [-0.2, -0.15) is 0 Å². The molecule has 0 aromatic heterocycles. The Bertz CT molecular complexity index is 384. The second-order valence-electron chi connectivity index (χ2n) is 12.6. The molecule has 4 heteroatoms. The molecule has 0 amide bonds. The molecule has 0 heterocycles. The molecule has 0 saturated heterocycles. The standard InChI is InChI=1S/C36H76N2S2/c1-3-5-7-9-11-13-15-17-19-21-23-25-27-29-31-33-35-37-39-40-38-36-34-32-30-28-26-24-22-20-18-16-14-12-10-8-6-4-2/h37-38H,3-36H2,1-2H3. The number of nitrogens with one attached hydrogen (secondary N) is 2. The first kappa shape index (κ1) is 40.6.